The normalized spacial score (nSPS) is 49.2. The monoisotopic (exact) mass is 402 g/mol. The summed E-state index contributed by atoms with van der Waals surface area (Å²) in [6, 6.07) is 0. The van der Waals surface area contributed by atoms with Gasteiger partial charge in [0.15, 0.2) is 0 Å². The largest absolute Gasteiger partial charge is 0.393 e. The fourth-order valence-electron chi connectivity index (χ4n) is 9.27. The minimum Gasteiger partial charge on any atom is -0.393 e. The summed E-state index contributed by atoms with van der Waals surface area (Å²) in [5.74, 6) is 7.28. The van der Waals surface area contributed by atoms with Crippen molar-refractivity contribution in [2.24, 2.45) is 58.2 Å². The van der Waals surface area contributed by atoms with E-state index in [1.54, 1.807) is 0 Å². The van der Waals surface area contributed by atoms with E-state index in [-0.39, 0.29) is 6.10 Å². The molecular formula is C28H50O. The summed E-state index contributed by atoms with van der Waals surface area (Å²) in [5.41, 5.74) is 1.14. The van der Waals surface area contributed by atoms with Crippen LogP contribution >= 0.6 is 0 Å². The SMILES string of the molecule is CC(C)C(C)CCC(C)C1CCC2C3CCC4CC(O)CC[C@@]4(C)C3CCC12C. The lowest BCUT2D eigenvalue weighted by Gasteiger charge is -2.61. The second kappa shape index (κ2) is 8.14. The summed E-state index contributed by atoms with van der Waals surface area (Å²) in [4.78, 5) is 0. The van der Waals surface area contributed by atoms with Crippen molar-refractivity contribution in [1.82, 2.24) is 0 Å². The van der Waals surface area contributed by atoms with Gasteiger partial charge < -0.3 is 5.11 Å². The highest BCUT2D eigenvalue weighted by Crippen LogP contribution is 2.68. The molecule has 0 heterocycles. The molecule has 4 fully saturated rings. The quantitative estimate of drug-likeness (QED) is 0.499. The van der Waals surface area contributed by atoms with E-state index in [0.717, 1.165) is 60.2 Å². The highest BCUT2D eigenvalue weighted by atomic mass is 16.3. The topological polar surface area (TPSA) is 20.2 Å². The van der Waals surface area contributed by atoms with Gasteiger partial charge in [-0.2, -0.15) is 0 Å². The van der Waals surface area contributed by atoms with E-state index >= 15 is 0 Å². The molecule has 4 aliphatic carbocycles. The van der Waals surface area contributed by atoms with Crippen LogP contribution in [-0.4, -0.2) is 11.2 Å². The van der Waals surface area contributed by atoms with Crippen LogP contribution in [0.4, 0.5) is 0 Å². The minimum atomic E-state index is -0.0107. The average Bonchev–Trinajstić information content (AvgIpc) is 3.03. The molecule has 4 rings (SSSR count). The molecule has 1 nitrogen and oxygen atoms in total. The Labute approximate surface area is 181 Å². The van der Waals surface area contributed by atoms with Gasteiger partial charge in [0.05, 0.1) is 6.10 Å². The number of hydrogen-bond acceptors (Lipinski definition) is 1. The van der Waals surface area contributed by atoms with Gasteiger partial charge in [-0.15, -0.1) is 0 Å². The molecule has 0 saturated heterocycles. The van der Waals surface area contributed by atoms with Crippen LogP contribution in [0.15, 0.2) is 0 Å². The smallest absolute Gasteiger partial charge is 0.0543 e. The molecule has 29 heavy (non-hydrogen) atoms. The maximum atomic E-state index is 10.3. The van der Waals surface area contributed by atoms with E-state index in [2.05, 4.69) is 41.5 Å². The van der Waals surface area contributed by atoms with Crippen LogP contribution in [0.5, 0.6) is 0 Å². The second-order valence-corrected chi connectivity index (χ2v) is 13.1. The Bertz CT molecular complexity index is 569. The highest BCUT2D eigenvalue weighted by molar-refractivity contribution is 5.09. The Balaban J connectivity index is 1.46. The summed E-state index contributed by atoms with van der Waals surface area (Å²) < 4.78 is 0. The van der Waals surface area contributed by atoms with Crippen molar-refractivity contribution in [1.29, 1.82) is 0 Å². The standard InChI is InChI=1S/C28H50O/c1-18(2)19(3)7-8-20(4)24-11-12-25-23-10-9-21-17-22(29)13-15-27(21,5)26(23)14-16-28(24,25)6/h18-26,29H,7-17H2,1-6H3/t19?,20?,21?,22?,23?,24?,25?,26?,27-,28?/m1/s1. The third kappa shape index (κ3) is 3.74. The molecule has 4 aliphatic rings. The molecular weight excluding hydrogens is 352 g/mol. The van der Waals surface area contributed by atoms with Gasteiger partial charge in [0.25, 0.3) is 0 Å². The maximum Gasteiger partial charge on any atom is 0.0543 e. The molecule has 1 N–H and O–H groups in total. The molecule has 0 radical (unpaired) electrons. The fourth-order valence-corrected chi connectivity index (χ4v) is 9.27. The summed E-state index contributed by atoms with van der Waals surface area (Å²) >= 11 is 0. The maximum absolute atomic E-state index is 10.3. The molecule has 0 aromatic rings. The van der Waals surface area contributed by atoms with Crippen molar-refractivity contribution in [2.75, 3.05) is 0 Å². The Morgan fingerprint density at radius 1 is 0.793 bits per heavy atom. The summed E-state index contributed by atoms with van der Waals surface area (Å²) in [5, 5.41) is 10.3. The van der Waals surface area contributed by atoms with Gasteiger partial charge in [-0.3, -0.25) is 0 Å². The Morgan fingerprint density at radius 2 is 1.48 bits per heavy atom. The molecule has 0 aromatic heterocycles. The molecule has 0 aromatic carbocycles. The number of fused-ring (bicyclic) bond motifs is 5. The van der Waals surface area contributed by atoms with E-state index in [1.165, 1.54) is 57.8 Å². The van der Waals surface area contributed by atoms with Gasteiger partial charge in [0, 0.05) is 0 Å². The van der Waals surface area contributed by atoms with Gasteiger partial charge in [-0.25, -0.2) is 0 Å². The molecule has 1 heteroatoms. The van der Waals surface area contributed by atoms with Crippen molar-refractivity contribution < 1.29 is 5.11 Å². The van der Waals surface area contributed by atoms with E-state index in [0.29, 0.717) is 10.8 Å². The van der Waals surface area contributed by atoms with Gasteiger partial charge in [-0.05, 0) is 116 Å². The van der Waals surface area contributed by atoms with E-state index < -0.39 is 0 Å². The van der Waals surface area contributed by atoms with Crippen LogP contribution in [-0.2, 0) is 0 Å². The first kappa shape index (κ1) is 22.2. The predicted molar refractivity (Wildman–Crippen MR) is 124 cm³/mol. The van der Waals surface area contributed by atoms with Crippen molar-refractivity contribution in [3.05, 3.63) is 0 Å². The first-order valence-electron chi connectivity index (χ1n) is 13.3. The number of rotatable bonds is 5. The minimum absolute atomic E-state index is 0.0107. The number of hydrogen-bond donors (Lipinski definition) is 1. The molecule has 0 aliphatic heterocycles. The average molecular weight is 403 g/mol. The predicted octanol–water partition coefficient (Wildman–Crippen LogP) is 7.71. The Kier molecular flexibility index (Phi) is 6.22. The van der Waals surface area contributed by atoms with Crippen LogP contribution in [0.1, 0.15) is 112 Å². The lowest BCUT2D eigenvalue weighted by atomic mass is 9.44. The van der Waals surface area contributed by atoms with Gasteiger partial charge in [0.2, 0.25) is 0 Å². The molecule has 0 amide bonds. The van der Waals surface area contributed by atoms with Crippen molar-refractivity contribution in [2.45, 2.75) is 118 Å². The highest BCUT2D eigenvalue weighted by Gasteiger charge is 2.60. The second-order valence-electron chi connectivity index (χ2n) is 13.1. The third-order valence-electron chi connectivity index (χ3n) is 11.6. The van der Waals surface area contributed by atoms with Crippen LogP contribution in [0.25, 0.3) is 0 Å². The number of aliphatic hydroxyl groups excluding tert-OH is 1. The molecule has 0 bridgehead atoms. The zero-order valence-corrected chi connectivity index (χ0v) is 20.4. The molecule has 4 saturated carbocycles. The molecule has 168 valence electrons. The molecule has 9 unspecified atom stereocenters. The van der Waals surface area contributed by atoms with Gasteiger partial charge >= 0.3 is 0 Å². The lowest BCUT2D eigenvalue weighted by Crippen LogP contribution is -2.54. The first-order chi connectivity index (χ1) is 13.7. The van der Waals surface area contributed by atoms with E-state index in [1.807, 2.05) is 0 Å². The number of aliphatic hydroxyl groups is 1. The van der Waals surface area contributed by atoms with E-state index in [9.17, 15) is 5.11 Å². The van der Waals surface area contributed by atoms with Gasteiger partial charge in [-0.1, -0.05) is 54.4 Å². The Hall–Kier alpha value is -0.0400. The fraction of sp³-hybridized carbons (Fsp3) is 1.00. The zero-order chi connectivity index (χ0) is 21.0. The van der Waals surface area contributed by atoms with Crippen molar-refractivity contribution >= 4 is 0 Å². The van der Waals surface area contributed by atoms with Crippen molar-refractivity contribution in [3.63, 3.8) is 0 Å². The molecule has 10 atom stereocenters. The van der Waals surface area contributed by atoms with Crippen molar-refractivity contribution in [3.8, 4) is 0 Å². The molecule has 0 spiro atoms. The van der Waals surface area contributed by atoms with Crippen LogP contribution in [0.3, 0.4) is 0 Å². The zero-order valence-electron chi connectivity index (χ0n) is 20.4. The summed E-state index contributed by atoms with van der Waals surface area (Å²) in [6.45, 7) is 15.2. The van der Waals surface area contributed by atoms with Gasteiger partial charge in [0.1, 0.15) is 0 Å². The lowest BCUT2D eigenvalue weighted by molar-refractivity contribution is -0.129. The van der Waals surface area contributed by atoms with E-state index in [4.69, 9.17) is 0 Å². The third-order valence-corrected chi connectivity index (χ3v) is 11.6. The Morgan fingerprint density at radius 3 is 2.21 bits per heavy atom. The first-order valence-corrected chi connectivity index (χ1v) is 13.3. The van der Waals surface area contributed by atoms with Crippen LogP contribution in [0.2, 0.25) is 0 Å². The summed E-state index contributed by atoms with van der Waals surface area (Å²) in [7, 11) is 0. The van der Waals surface area contributed by atoms with Crippen LogP contribution in [0, 0.1) is 58.2 Å². The van der Waals surface area contributed by atoms with Crippen LogP contribution < -0.4 is 0 Å². The summed E-state index contributed by atoms with van der Waals surface area (Å²) in [6.07, 6.45) is 15.1.